The highest BCUT2D eigenvalue weighted by Crippen LogP contribution is 2.21. The molecule has 1 aromatic carbocycles. The van der Waals surface area contributed by atoms with Crippen LogP contribution in [-0.2, 0) is 16.1 Å². The van der Waals surface area contributed by atoms with Crippen molar-refractivity contribution in [2.24, 2.45) is 5.92 Å². The molecule has 1 fully saturated rings. The molecule has 0 aromatic heterocycles. The van der Waals surface area contributed by atoms with E-state index in [-0.39, 0.29) is 17.7 Å². The first-order valence-corrected chi connectivity index (χ1v) is 8.43. The lowest BCUT2D eigenvalue weighted by molar-refractivity contribution is -0.136. The summed E-state index contributed by atoms with van der Waals surface area (Å²) in [5.41, 5.74) is 1.91. The molecule has 1 aromatic rings. The van der Waals surface area contributed by atoms with Crippen molar-refractivity contribution < 1.29 is 9.59 Å². The third kappa shape index (κ3) is 4.55. The summed E-state index contributed by atoms with van der Waals surface area (Å²) in [7, 11) is 0. The Kier molecular flexibility index (Phi) is 6.16. The molecule has 2 N–H and O–H groups in total. The average molecular weight is 317 g/mol. The summed E-state index contributed by atoms with van der Waals surface area (Å²) in [5, 5.41) is 6.25. The number of benzene rings is 1. The first-order valence-electron chi connectivity index (χ1n) is 8.43. The van der Waals surface area contributed by atoms with Gasteiger partial charge in [0.1, 0.15) is 6.04 Å². The van der Waals surface area contributed by atoms with Crippen molar-refractivity contribution in [1.82, 2.24) is 10.2 Å². The Balaban J connectivity index is 2.08. The van der Waals surface area contributed by atoms with Gasteiger partial charge in [-0.05, 0) is 36.6 Å². The molecule has 2 amide bonds. The minimum Gasteiger partial charge on any atom is -0.330 e. The lowest BCUT2D eigenvalue weighted by Gasteiger charge is -2.29. The summed E-state index contributed by atoms with van der Waals surface area (Å²) in [6.45, 7) is 8.39. The maximum Gasteiger partial charge on any atom is 0.247 e. The number of nitrogens with zero attached hydrogens (tertiary/aromatic N) is 1. The monoisotopic (exact) mass is 317 g/mol. The quantitative estimate of drug-likeness (QED) is 0.812. The first-order chi connectivity index (χ1) is 11.0. The summed E-state index contributed by atoms with van der Waals surface area (Å²) in [4.78, 5) is 26.4. The fourth-order valence-corrected chi connectivity index (χ4v) is 3.01. The SMILES string of the molecule is CCNCc1cccc(NC(=O)C(C(C)C)N2CCCC2=O)c1. The molecule has 2 rings (SSSR count). The van der Waals surface area contributed by atoms with Crippen LogP contribution < -0.4 is 10.6 Å². The molecule has 5 heteroatoms. The minimum atomic E-state index is -0.401. The van der Waals surface area contributed by atoms with Gasteiger partial charge in [-0.15, -0.1) is 0 Å². The zero-order valence-corrected chi connectivity index (χ0v) is 14.3. The minimum absolute atomic E-state index is 0.0831. The van der Waals surface area contributed by atoms with Crippen molar-refractivity contribution in [3.05, 3.63) is 29.8 Å². The van der Waals surface area contributed by atoms with Gasteiger partial charge in [-0.3, -0.25) is 9.59 Å². The molecule has 1 atom stereocenters. The molecule has 1 heterocycles. The Morgan fingerprint density at radius 1 is 1.35 bits per heavy atom. The molecule has 0 aliphatic carbocycles. The second-order valence-corrected chi connectivity index (χ2v) is 6.35. The largest absolute Gasteiger partial charge is 0.330 e. The van der Waals surface area contributed by atoms with Gasteiger partial charge in [0.05, 0.1) is 0 Å². The maximum absolute atomic E-state index is 12.7. The van der Waals surface area contributed by atoms with Crippen LogP contribution in [0.1, 0.15) is 39.2 Å². The van der Waals surface area contributed by atoms with Gasteiger partial charge in [-0.2, -0.15) is 0 Å². The predicted octanol–water partition coefficient (Wildman–Crippen LogP) is 2.38. The van der Waals surface area contributed by atoms with E-state index in [1.54, 1.807) is 4.90 Å². The van der Waals surface area contributed by atoms with Crippen LogP contribution in [0.3, 0.4) is 0 Å². The number of rotatable bonds is 7. The number of likely N-dealkylation sites (tertiary alicyclic amines) is 1. The molecule has 1 saturated heterocycles. The summed E-state index contributed by atoms with van der Waals surface area (Å²) in [5.74, 6) is 0.0672. The fraction of sp³-hybridized carbons (Fsp3) is 0.556. The predicted molar refractivity (Wildman–Crippen MR) is 92.0 cm³/mol. The van der Waals surface area contributed by atoms with Crippen molar-refractivity contribution in [2.45, 2.75) is 46.2 Å². The van der Waals surface area contributed by atoms with Crippen LogP contribution in [0.2, 0.25) is 0 Å². The van der Waals surface area contributed by atoms with Crippen LogP contribution in [-0.4, -0.2) is 35.8 Å². The fourth-order valence-electron chi connectivity index (χ4n) is 3.01. The molecule has 0 radical (unpaired) electrons. The number of amides is 2. The van der Waals surface area contributed by atoms with E-state index in [9.17, 15) is 9.59 Å². The summed E-state index contributed by atoms with van der Waals surface area (Å²) in [6.07, 6.45) is 1.39. The third-order valence-electron chi connectivity index (χ3n) is 4.12. The molecule has 0 bridgehead atoms. The standard InChI is InChI=1S/C18H27N3O2/c1-4-19-12-14-7-5-8-15(11-14)20-18(23)17(13(2)3)21-10-6-9-16(21)22/h5,7-8,11,13,17,19H,4,6,9-10,12H2,1-3H3,(H,20,23). The smallest absolute Gasteiger partial charge is 0.247 e. The van der Waals surface area contributed by atoms with Crippen molar-refractivity contribution in [3.63, 3.8) is 0 Å². The van der Waals surface area contributed by atoms with E-state index >= 15 is 0 Å². The van der Waals surface area contributed by atoms with E-state index < -0.39 is 6.04 Å². The van der Waals surface area contributed by atoms with E-state index in [4.69, 9.17) is 0 Å². The van der Waals surface area contributed by atoms with Gasteiger partial charge in [0.25, 0.3) is 0 Å². The zero-order chi connectivity index (χ0) is 16.8. The van der Waals surface area contributed by atoms with Crippen molar-refractivity contribution in [1.29, 1.82) is 0 Å². The number of carbonyl (C=O) groups is 2. The summed E-state index contributed by atoms with van der Waals surface area (Å²) < 4.78 is 0. The van der Waals surface area contributed by atoms with Gasteiger partial charge in [0.15, 0.2) is 0 Å². The van der Waals surface area contributed by atoms with Crippen LogP contribution in [0.25, 0.3) is 0 Å². The van der Waals surface area contributed by atoms with Gasteiger partial charge >= 0.3 is 0 Å². The molecule has 1 unspecified atom stereocenters. The number of hydrogen-bond donors (Lipinski definition) is 2. The van der Waals surface area contributed by atoms with Crippen LogP contribution >= 0.6 is 0 Å². The third-order valence-corrected chi connectivity index (χ3v) is 4.12. The molecule has 23 heavy (non-hydrogen) atoms. The number of anilines is 1. The topological polar surface area (TPSA) is 61.4 Å². The molecule has 5 nitrogen and oxygen atoms in total. The van der Waals surface area contributed by atoms with Gasteiger partial charge in [-0.25, -0.2) is 0 Å². The van der Waals surface area contributed by atoms with E-state index in [2.05, 4.69) is 17.6 Å². The van der Waals surface area contributed by atoms with Gasteiger partial charge in [0, 0.05) is 25.2 Å². The van der Waals surface area contributed by atoms with Crippen LogP contribution in [0.4, 0.5) is 5.69 Å². The molecule has 1 aliphatic rings. The Morgan fingerprint density at radius 2 is 2.13 bits per heavy atom. The Hall–Kier alpha value is -1.88. The molecule has 0 spiro atoms. The van der Waals surface area contributed by atoms with E-state index in [0.717, 1.165) is 30.8 Å². The number of hydrogen-bond acceptors (Lipinski definition) is 3. The van der Waals surface area contributed by atoms with Crippen LogP contribution in [0.15, 0.2) is 24.3 Å². The van der Waals surface area contributed by atoms with E-state index in [1.165, 1.54) is 0 Å². The highest BCUT2D eigenvalue weighted by atomic mass is 16.2. The van der Waals surface area contributed by atoms with E-state index in [1.807, 2.05) is 38.1 Å². The lowest BCUT2D eigenvalue weighted by Crippen LogP contribution is -2.47. The zero-order valence-electron chi connectivity index (χ0n) is 14.3. The van der Waals surface area contributed by atoms with Gasteiger partial charge in [0.2, 0.25) is 11.8 Å². The second kappa shape index (κ2) is 8.11. The highest BCUT2D eigenvalue weighted by molar-refractivity contribution is 5.97. The maximum atomic E-state index is 12.7. The second-order valence-electron chi connectivity index (χ2n) is 6.35. The molecule has 126 valence electrons. The van der Waals surface area contributed by atoms with Crippen molar-refractivity contribution in [3.8, 4) is 0 Å². The Morgan fingerprint density at radius 3 is 2.74 bits per heavy atom. The lowest BCUT2D eigenvalue weighted by atomic mass is 10.0. The van der Waals surface area contributed by atoms with Gasteiger partial charge < -0.3 is 15.5 Å². The van der Waals surface area contributed by atoms with E-state index in [0.29, 0.717) is 13.0 Å². The molecule has 1 aliphatic heterocycles. The Labute approximate surface area is 138 Å². The van der Waals surface area contributed by atoms with Crippen LogP contribution in [0.5, 0.6) is 0 Å². The first kappa shape index (κ1) is 17.5. The van der Waals surface area contributed by atoms with Gasteiger partial charge in [-0.1, -0.05) is 32.9 Å². The molecular formula is C18H27N3O2. The summed E-state index contributed by atoms with van der Waals surface area (Å²) >= 11 is 0. The number of carbonyl (C=O) groups excluding carboxylic acids is 2. The molecular weight excluding hydrogens is 290 g/mol. The van der Waals surface area contributed by atoms with Crippen LogP contribution in [0, 0.1) is 5.92 Å². The molecule has 0 saturated carbocycles. The highest BCUT2D eigenvalue weighted by Gasteiger charge is 2.34. The average Bonchev–Trinajstić information content (AvgIpc) is 2.91. The van der Waals surface area contributed by atoms with Crippen molar-refractivity contribution >= 4 is 17.5 Å². The number of nitrogens with one attached hydrogen (secondary N) is 2. The van der Waals surface area contributed by atoms with Crippen molar-refractivity contribution in [2.75, 3.05) is 18.4 Å². The normalized spacial score (nSPS) is 16.0. The summed E-state index contributed by atoms with van der Waals surface area (Å²) in [6, 6.07) is 7.43. The Bertz CT molecular complexity index is 557.